The van der Waals surface area contributed by atoms with Gasteiger partial charge >= 0.3 is 0 Å². The van der Waals surface area contributed by atoms with Gasteiger partial charge in [0, 0.05) is 12.6 Å². The highest BCUT2D eigenvalue weighted by Crippen LogP contribution is 2.27. The van der Waals surface area contributed by atoms with Crippen LogP contribution in [0.4, 0.5) is 0 Å². The highest BCUT2D eigenvalue weighted by Gasteiger charge is 2.20. The summed E-state index contributed by atoms with van der Waals surface area (Å²) in [4.78, 5) is 0. The molecule has 0 radical (unpaired) electrons. The van der Waals surface area contributed by atoms with Crippen molar-refractivity contribution in [1.29, 1.82) is 0 Å². The van der Waals surface area contributed by atoms with Gasteiger partial charge in [0.15, 0.2) is 0 Å². The van der Waals surface area contributed by atoms with E-state index in [1.165, 1.54) is 47.9 Å². The summed E-state index contributed by atoms with van der Waals surface area (Å²) in [5, 5.41) is 3.73. The van der Waals surface area contributed by atoms with Crippen LogP contribution in [0.25, 0.3) is 0 Å². The van der Waals surface area contributed by atoms with Crippen LogP contribution in [-0.4, -0.2) is 6.04 Å². The van der Waals surface area contributed by atoms with Crippen molar-refractivity contribution in [2.75, 3.05) is 0 Å². The Morgan fingerprint density at radius 3 is 2.33 bits per heavy atom. The molecular weight excluding hydrogens is 218 g/mol. The smallest absolute Gasteiger partial charge is 0.0210 e. The van der Waals surface area contributed by atoms with Crippen molar-refractivity contribution in [3.05, 3.63) is 34.4 Å². The molecule has 1 saturated carbocycles. The normalized spacial score (nSPS) is 18.2. The molecule has 1 aromatic rings. The van der Waals surface area contributed by atoms with Crippen LogP contribution in [-0.2, 0) is 6.54 Å². The number of benzene rings is 1. The lowest BCUT2D eigenvalue weighted by Crippen LogP contribution is -2.32. The van der Waals surface area contributed by atoms with Gasteiger partial charge in [-0.1, -0.05) is 25.0 Å². The van der Waals surface area contributed by atoms with Gasteiger partial charge in [-0.25, -0.2) is 0 Å². The van der Waals surface area contributed by atoms with Crippen LogP contribution in [0.5, 0.6) is 0 Å². The quantitative estimate of drug-likeness (QED) is 0.835. The first-order chi connectivity index (χ1) is 8.58. The lowest BCUT2D eigenvalue weighted by atomic mass is 9.98. The van der Waals surface area contributed by atoms with Crippen LogP contribution in [0.1, 0.15) is 54.9 Å². The van der Waals surface area contributed by atoms with E-state index in [1.54, 1.807) is 0 Å². The molecule has 1 nitrogen and oxygen atoms in total. The number of nitrogens with one attached hydrogen (secondary N) is 1. The topological polar surface area (TPSA) is 12.0 Å². The third-order valence-corrected chi connectivity index (χ3v) is 4.67. The van der Waals surface area contributed by atoms with Crippen molar-refractivity contribution in [3.63, 3.8) is 0 Å². The Morgan fingerprint density at radius 2 is 1.67 bits per heavy atom. The molecule has 1 aromatic carbocycles. The van der Waals surface area contributed by atoms with Crippen molar-refractivity contribution in [2.45, 2.75) is 66.0 Å². The van der Waals surface area contributed by atoms with E-state index in [-0.39, 0.29) is 0 Å². The minimum Gasteiger partial charge on any atom is -0.310 e. The molecule has 0 amide bonds. The van der Waals surface area contributed by atoms with Gasteiger partial charge in [-0.15, -0.1) is 0 Å². The average molecular weight is 245 g/mol. The minimum absolute atomic E-state index is 0.661. The molecule has 0 bridgehead atoms. The van der Waals surface area contributed by atoms with Crippen molar-refractivity contribution in [2.24, 2.45) is 5.92 Å². The van der Waals surface area contributed by atoms with Crippen molar-refractivity contribution < 1.29 is 0 Å². The molecule has 0 heterocycles. The fourth-order valence-corrected chi connectivity index (χ4v) is 3.11. The summed E-state index contributed by atoms with van der Waals surface area (Å²) < 4.78 is 0. The lowest BCUT2D eigenvalue weighted by molar-refractivity contribution is 0.380. The van der Waals surface area contributed by atoms with Crippen LogP contribution >= 0.6 is 0 Å². The molecule has 100 valence electrons. The monoisotopic (exact) mass is 245 g/mol. The fourth-order valence-electron chi connectivity index (χ4n) is 3.11. The molecule has 1 aliphatic rings. The van der Waals surface area contributed by atoms with E-state index in [4.69, 9.17) is 0 Å². The first-order valence-electron chi connectivity index (χ1n) is 7.38. The van der Waals surface area contributed by atoms with Crippen LogP contribution in [0.15, 0.2) is 12.1 Å². The van der Waals surface area contributed by atoms with E-state index in [0.717, 1.165) is 12.5 Å². The zero-order valence-electron chi connectivity index (χ0n) is 12.3. The van der Waals surface area contributed by atoms with Crippen LogP contribution < -0.4 is 5.32 Å². The molecule has 2 rings (SSSR count). The molecule has 1 N–H and O–H groups in total. The van der Waals surface area contributed by atoms with Gasteiger partial charge in [-0.3, -0.25) is 0 Å². The first-order valence-corrected chi connectivity index (χ1v) is 7.38. The molecule has 1 fully saturated rings. The van der Waals surface area contributed by atoms with E-state index in [9.17, 15) is 0 Å². The average Bonchev–Trinajstić information content (AvgIpc) is 2.85. The van der Waals surface area contributed by atoms with Crippen molar-refractivity contribution in [1.82, 2.24) is 5.32 Å². The Bertz CT molecular complexity index is 402. The van der Waals surface area contributed by atoms with Crippen molar-refractivity contribution in [3.8, 4) is 0 Å². The third-order valence-electron chi connectivity index (χ3n) is 4.67. The molecule has 0 aliphatic heterocycles. The molecule has 0 aromatic heterocycles. The molecular formula is C17H27N. The maximum absolute atomic E-state index is 3.73. The van der Waals surface area contributed by atoms with Gasteiger partial charge in [-0.05, 0) is 68.7 Å². The summed E-state index contributed by atoms with van der Waals surface area (Å²) >= 11 is 0. The van der Waals surface area contributed by atoms with Crippen molar-refractivity contribution >= 4 is 0 Å². The zero-order valence-corrected chi connectivity index (χ0v) is 12.3. The highest BCUT2D eigenvalue weighted by molar-refractivity contribution is 5.36. The largest absolute Gasteiger partial charge is 0.310 e. The predicted molar refractivity (Wildman–Crippen MR) is 78.9 cm³/mol. The maximum Gasteiger partial charge on any atom is 0.0210 e. The fraction of sp³-hybridized carbons (Fsp3) is 0.647. The van der Waals surface area contributed by atoms with Crippen LogP contribution in [0.3, 0.4) is 0 Å². The Labute approximate surface area is 112 Å². The lowest BCUT2D eigenvalue weighted by Gasteiger charge is -2.21. The van der Waals surface area contributed by atoms with Crippen LogP contribution in [0.2, 0.25) is 0 Å². The molecule has 18 heavy (non-hydrogen) atoms. The summed E-state index contributed by atoms with van der Waals surface area (Å²) in [5.74, 6) is 0.900. The summed E-state index contributed by atoms with van der Waals surface area (Å²) in [6.45, 7) is 10.0. The number of hydrogen-bond acceptors (Lipinski definition) is 1. The van der Waals surface area contributed by atoms with E-state index in [2.05, 4.69) is 45.1 Å². The summed E-state index contributed by atoms with van der Waals surface area (Å²) in [5.41, 5.74) is 5.69. The third kappa shape index (κ3) is 3.14. The molecule has 1 heteroatoms. The Balaban J connectivity index is 1.95. The number of rotatable bonds is 4. The SMILES string of the molecule is Cc1cc(C)c(CN[C@H](C)C2CCCC2)cc1C. The minimum atomic E-state index is 0.661. The Hall–Kier alpha value is -0.820. The summed E-state index contributed by atoms with van der Waals surface area (Å²) in [7, 11) is 0. The first kappa shape index (κ1) is 13.6. The van der Waals surface area contributed by atoms with E-state index in [1.807, 2.05) is 0 Å². The number of hydrogen-bond donors (Lipinski definition) is 1. The molecule has 0 unspecified atom stereocenters. The Kier molecular flexibility index (Phi) is 4.45. The van der Waals surface area contributed by atoms with Gasteiger partial charge in [0.1, 0.15) is 0 Å². The maximum atomic E-state index is 3.73. The van der Waals surface area contributed by atoms with Gasteiger partial charge < -0.3 is 5.32 Å². The second-order valence-electron chi connectivity index (χ2n) is 6.08. The molecule has 1 atom stereocenters. The highest BCUT2D eigenvalue weighted by atomic mass is 14.9. The Morgan fingerprint density at radius 1 is 1.06 bits per heavy atom. The second-order valence-corrected chi connectivity index (χ2v) is 6.08. The van der Waals surface area contributed by atoms with Gasteiger partial charge in [-0.2, -0.15) is 0 Å². The van der Waals surface area contributed by atoms with Gasteiger partial charge in [0.05, 0.1) is 0 Å². The second kappa shape index (κ2) is 5.88. The van der Waals surface area contributed by atoms with E-state index < -0.39 is 0 Å². The van der Waals surface area contributed by atoms with Gasteiger partial charge in [0.25, 0.3) is 0 Å². The number of aryl methyl sites for hydroxylation is 3. The molecule has 1 aliphatic carbocycles. The predicted octanol–water partition coefficient (Wildman–Crippen LogP) is 4.28. The summed E-state index contributed by atoms with van der Waals surface area (Å²) in [6, 6.07) is 5.32. The van der Waals surface area contributed by atoms with E-state index in [0.29, 0.717) is 6.04 Å². The molecule has 0 saturated heterocycles. The molecule has 0 spiro atoms. The van der Waals surface area contributed by atoms with E-state index >= 15 is 0 Å². The van der Waals surface area contributed by atoms with Crippen LogP contribution in [0, 0.1) is 26.7 Å². The zero-order chi connectivity index (χ0) is 13.1. The standard InChI is InChI=1S/C17H27N/c1-12-9-14(3)17(10-13(12)2)11-18-15(4)16-7-5-6-8-16/h9-10,15-16,18H,5-8,11H2,1-4H3/t15-/m1/s1. The van der Waals surface area contributed by atoms with Gasteiger partial charge in [0.2, 0.25) is 0 Å². The summed E-state index contributed by atoms with van der Waals surface area (Å²) in [6.07, 6.45) is 5.69.